The predicted molar refractivity (Wildman–Crippen MR) is 82.9 cm³/mol. The molecule has 0 aromatic carbocycles. The standard InChI is InChI=1S/C17H28O4/c1-2-6-14(18)11-9-13-10-12-16(19)15(13)7-4-3-5-8-17(20)21/h3-4,9,11,13-16,18-19H,2,5-8,10,12H2,1H3,(H,20,21)/b4-3+,11-9+. The Hall–Kier alpha value is -1.13. The zero-order valence-electron chi connectivity index (χ0n) is 12.8. The van der Waals surface area contributed by atoms with Gasteiger partial charge >= 0.3 is 5.97 Å². The van der Waals surface area contributed by atoms with Gasteiger partial charge in [0.1, 0.15) is 0 Å². The first-order chi connectivity index (χ1) is 10.0. The number of hydrogen-bond donors (Lipinski definition) is 3. The van der Waals surface area contributed by atoms with Crippen molar-refractivity contribution in [3.8, 4) is 0 Å². The molecule has 4 atom stereocenters. The second-order valence-electron chi connectivity index (χ2n) is 5.85. The molecule has 0 saturated heterocycles. The molecule has 120 valence electrons. The monoisotopic (exact) mass is 296 g/mol. The van der Waals surface area contributed by atoms with Gasteiger partial charge in [-0.05, 0) is 43.9 Å². The maximum atomic E-state index is 10.4. The molecule has 1 fully saturated rings. The second-order valence-corrected chi connectivity index (χ2v) is 5.85. The molecule has 4 heteroatoms. The number of allylic oxidation sites excluding steroid dienone is 3. The number of aliphatic carboxylic acids is 1. The highest BCUT2D eigenvalue weighted by molar-refractivity contribution is 5.66. The van der Waals surface area contributed by atoms with Crippen LogP contribution < -0.4 is 0 Å². The van der Waals surface area contributed by atoms with E-state index in [4.69, 9.17) is 5.11 Å². The van der Waals surface area contributed by atoms with Gasteiger partial charge < -0.3 is 15.3 Å². The van der Waals surface area contributed by atoms with Crippen LogP contribution in [-0.4, -0.2) is 33.5 Å². The van der Waals surface area contributed by atoms with E-state index in [0.29, 0.717) is 12.3 Å². The third-order valence-corrected chi connectivity index (χ3v) is 4.10. The number of hydrogen-bond acceptors (Lipinski definition) is 3. The average Bonchev–Trinajstić information content (AvgIpc) is 2.77. The Morgan fingerprint density at radius 3 is 2.76 bits per heavy atom. The molecule has 3 N–H and O–H groups in total. The van der Waals surface area contributed by atoms with Gasteiger partial charge in [0.05, 0.1) is 12.2 Å². The van der Waals surface area contributed by atoms with Crippen molar-refractivity contribution in [2.75, 3.05) is 0 Å². The van der Waals surface area contributed by atoms with Crippen LogP contribution in [0.2, 0.25) is 0 Å². The number of carboxylic acid groups (broad SMARTS) is 1. The fraction of sp³-hybridized carbons (Fsp3) is 0.706. The molecule has 0 heterocycles. The van der Waals surface area contributed by atoms with E-state index >= 15 is 0 Å². The molecule has 0 spiro atoms. The summed E-state index contributed by atoms with van der Waals surface area (Å²) in [6, 6.07) is 0. The lowest BCUT2D eigenvalue weighted by atomic mass is 9.90. The van der Waals surface area contributed by atoms with E-state index in [2.05, 4.69) is 0 Å². The number of aliphatic hydroxyl groups is 2. The molecule has 0 aromatic heterocycles. The molecule has 4 nitrogen and oxygen atoms in total. The molecular weight excluding hydrogens is 268 g/mol. The van der Waals surface area contributed by atoms with E-state index in [9.17, 15) is 15.0 Å². The van der Waals surface area contributed by atoms with Gasteiger partial charge in [0, 0.05) is 6.42 Å². The van der Waals surface area contributed by atoms with Gasteiger partial charge in [-0.3, -0.25) is 4.79 Å². The van der Waals surface area contributed by atoms with E-state index in [-0.39, 0.29) is 24.5 Å². The minimum Gasteiger partial charge on any atom is -0.481 e. The third kappa shape index (κ3) is 6.91. The van der Waals surface area contributed by atoms with Crippen molar-refractivity contribution in [2.24, 2.45) is 11.8 Å². The van der Waals surface area contributed by atoms with Crippen LogP contribution in [0.3, 0.4) is 0 Å². The summed E-state index contributed by atoms with van der Waals surface area (Å²) in [6.45, 7) is 2.04. The molecule has 21 heavy (non-hydrogen) atoms. The minimum atomic E-state index is -0.786. The fourth-order valence-electron chi connectivity index (χ4n) is 2.89. The summed E-state index contributed by atoms with van der Waals surface area (Å²) in [4.78, 5) is 10.4. The van der Waals surface area contributed by atoms with E-state index in [0.717, 1.165) is 32.1 Å². The maximum absolute atomic E-state index is 10.4. The maximum Gasteiger partial charge on any atom is 0.303 e. The van der Waals surface area contributed by atoms with Gasteiger partial charge in [0.15, 0.2) is 0 Å². The molecule has 0 aromatic rings. The first kappa shape index (κ1) is 17.9. The Balaban J connectivity index is 2.43. The zero-order valence-corrected chi connectivity index (χ0v) is 12.8. The van der Waals surface area contributed by atoms with Crippen molar-refractivity contribution in [1.82, 2.24) is 0 Å². The van der Waals surface area contributed by atoms with Crippen LogP contribution in [0.25, 0.3) is 0 Å². The number of carboxylic acids is 1. The molecule has 0 radical (unpaired) electrons. The molecule has 1 rings (SSSR count). The topological polar surface area (TPSA) is 77.8 Å². The summed E-state index contributed by atoms with van der Waals surface area (Å²) in [6.07, 6.45) is 12.0. The van der Waals surface area contributed by atoms with E-state index in [1.807, 2.05) is 31.2 Å². The highest BCUT2D eigenvalue weighted by Gasteiger charge is 2.32. The lowest BCUT2D eigenvalue weighted by Crippen LogP contribution is -2.17. The van der Waals surface area contributed by atoms with Crippen LogP contribution in [0.1, 0.15) is 51.9 Å². The van der Waals surface area contributed by atoms with Gasteiger partial charge in [-0.1, -0.05) is 37.6 Å². The van der Waals surface area contributed by atoms with Crippen molar-refractivity contribution < 1.29 is 20.1 Å². The number of aliphatic hydroxyl groups excluding tert-OH is 2. The van der Waals surface area contributed by atoms with Crippen LogP contribution in [0.5, 0.6) is 0 Å². The Bertz CT molecular complexity index is 362. The SMILES string of the molecule is CCCC(O)/C=C/C1CCC(O)C1C/C=C/CCC(=O)O. The van der Waals surface area contributed by atoms with Gasteiger partial charge in [-0.2, -0.15) is 0 Å². The van der Waals surface area contributed by atoms with Crippen LogP contribution in [-0.2, 0) is 4.79 Å². The average molecular weight is 296 g/mol. The molecule has 1 aliphatic rings. The lowest BCUT2D eigenvalue weighted by molar-refractivity contribution is -0.136. The first-order valence-corrected chi connectivity index (χ1v) is 7.95. The van der Waals surface area contributed by atoms with E-state index in [1.54, 1.807) is 0 Å². The molecule has 0 amide bonds. The molecule has 0 aliphatic heterocycles. The highest BCUT2D eigenvalue weighted by atomic mass is 16.4. The van der Waals surface area contributed by atoms with Crippen LogP contribution in [0, 0.1) is 11.8 Å². The Kier molecular flexibility index (Phi) is 8.31. The van der Waals surface area contributed by atoms with Gasteiger partial charge in [-0.15, -0.1) is 0 Å². The largest absolute Gasteiger partial charge is 0.481 e. The second kappa shape index (κ2) is 9.74. The lowest BCUT2D eigenvalue weighted by Gasteiger charge is -2.18. The van der Waals surface area contributed by atoms with Crippen LogP contribution >= 0.6 is 0 Å². The Labute approximate surface area is 127 Å². The van der Waals surface area contributed by atoms with Crippen LogP contribution in [0.15, 0.2) is 24.3 Å². The number of carbonyl (C=O) groups is 1. The Morgan fingerprint density at radius 2 is 2.10 bits per heavy atom. The summed E-state index contributed by atoms with van der Waals surface area (Å²) in [7, 11) is 0. The van der Waals surface area contributed by atoms with E-state index < -0.39 is 5.97 Å². The van der Waals surface area contributed by atoms with Gasteiger partial charge in [0.25, 0.3) is 0 Å². The van der Waals surface area contributed by atoms with Gasteiger partial charge in [0.2, 0.25) is 0 Å². The summed E-state index contributed by atoms with van der Waals surface area (Å²) in [5, 5.41) is 28.4. The minimum absolute atomic E-state index is 0.149. The predicted octanol–water partition coefficient (Wildman–Crippen LogP) is 2.90. The van der Waals surface area contributed by atoms with Crippen molar-refractivity contribution in [1.29, 1.82) is 0 Å². The quantitative estimate of drug-likeness (QED) is 0.572. The fourth-order valence-corrected chi connectivity index (χ4v) is 2.89. The summed E-state index contributed by atoms with van der Waals surface area (Å²) >= 11 is 0. The van der Waals surface area contributed by atoms with Crippen molar-refractivity contribution in [2.45, 2.75) is 64.1 Å². The van der Waals surface area contributed by atoms with Crippen LogP contribution in [0.4, 0.5) is 0 Å². The van der Waals surface area contributed by atoms with Crippen molar-refractivity contribution in [3.05, 3.63) is 24.3 Å². The number of rotatable bonds is 9. The van der Waals surface area contributed by atoms with Crippen molar-refractivity contribution >= 4 is 5.97 Å². The smallest absolute Gasteiger partial charge is 0.303 e. The normalized spacial score (nSPS) is 27.7. The molecule has 0 bridgehead atoms. The van der Waals surface area contributed by atoms with Gasteiger partial charge in [-0.25, -0.2) is 0 Å². The summed E-state index contributed by atoms with van der Waals surface area (Å²) < 4.78 is 0. The summed E-state index contributed by atoms with van der Waals surface area (Å²) in [5.41, 5.74) is 0. The summed E-state index contributed by atoms with van der Waals surface area (Å²) in [5.74, 6) is -0.307. The molecule has 4 unspecified atom stereocenters. The molecule has 1 saturated carbocycles. The zero-order chi connectivity index (χ0) is 15.7. The van der Waals surface area contributed by atoms with Crippen molar-refractivity contribution in [3.63, 3.8) is 0 Å². The Morgan fingerprint density at radius 1 is 1.33 bits per heavy atom. The van der Waals surface area contributed by atoms with E-state index in [1.165, 1.54) is 0 Å². The molecule has 1 aliphatic carbocycles. The first-order valence-electron chi connectivity index (χ1n) is 7.95. The highest BCUT2D eigenvalue weighted by Crippen LogP contribution is 2.36. The third-order valence-electron chi connectivity index (χ3n) is 4.10. The molecular formula is C17H28O4.